The normalized spacial score (nSPS) is 23.5. The first-order valence-electron chi connectivity index (χ1n) is 4.04. The van der Waals surface area contributed by atoms with Crippen LogP contribution in [0.2, 0.25) is 0 Å². The van der Waals surface area contributed by atoms with E-state index >= 15 is 0 Å². The van der Waals surface area contributed by atoms with E-state index < -0.39 is 15.6 Å². The van der Waals surface area contributed by atoms with Crippen LogP contribution < -0.4 is 0 Å². The molecule has 0 aromatic heterocycles. The van der Waals surface area contributed by atoms with E-state index in [1.807, 2.05) is 0 Å². The van der Waals surface area contributed by atoms with Crippen molar-refractivity contribution in [2.45, 2.75) is 25.0 Å². The van der Waals surface area contributed by atoms with E-state index in [1.54, 1.807) is 6.92 Å². The Balaban J connectivity index is 2.75. The second-order valence-electron chi connectivity index (χ2n) is 3.00. The Kier molecular flexibility index (Phi) is 3.29. The van der Waals surface area contributed by atoms with Crippen molar-refractivity contribution in [1.29, 1.82) is 0 Å². The van der Waals surface area contributed by atoms with E-state index in [1.165, 1.54) is 6.08 Å². The van der Waals surface area contributed by atoms with E-state index in [0.717, 1.165) is 0 Å². The van der Waals surface area contributed by atoms with Gasteiger partial charge in [-0.05, 0) is 13.0 Å². The highest BCUT2D eigenvalue weighted by Crippen LogP contribution is 2.28. The van der Waals surface area contributed by atoms with Crippen LogP contribution in [0.5, 0.6) is 0 Å². The van der Waals surface area contributed by atoms with Gasteiger partial charge in [0.1, 0.15) is 5.76 Å². The van der Waals surface area contributed by atoms with E-state index in [2.05, 4.69) is 4.18 Å². The fourth-order valence-corrected chi connectivity index (χ4v) is 1.50. The van der Waals surface area contributed by atoms with Crippen LogP contribution in [0.3, 0.4) is 0 Å². The predicted molar refractivity (Wildman–Crippen MR) is 44.2 cm³/mol. The van der Waals surface area contributed by atoms with Crippen LogP contribution in [0.4, 0.5) is 13.2 Å². The summed E-state index contributed by atoms with van der Waals surface area (Å²) in [5.74, 6) is -0.230. The molecule has 1 heterocycles. The minimum Gasteiger partial charge on any atom is -0.381 e. The lowest BCUT2D eigenvalue weighted by Crippen LogP contribution is -2.27. The number of ether oxygens (including phenoxy) is 1. The molecule has 0 saturated carbocycles. The molecule has 88 valence electrons. The van der Waals surface area contributed by atoms with Gasteiger partial charge in [0.05, 0.1) is 12.7 Å². The van der Waals surface area contributed by atoms with Gasteiger partial charge in [-0.15, -0.1) is 0 Å². The molecule has 1 rings (SSSR count). The summed E-state index contributed by atoms with van der Waals surface area (Å²) in [6.07, 6.45) is 0.826. The third-order valence-corrected chi connectivity index (χ3v) is 2.68. The van der Waals surface area contributed by atoms with Crippen LogP contribution in [-0.2, 0) is 19.0 Å². The van der Waals surface area contributed by atoms with E-state index in [0.29, 0.717) is 0 Å². The standard InChI is InChI=1S/C7H9F3O4S/c1-5-4-6(2-3-13-5)14-15(11,12)7(8,9)10/h2,5H,3-4H2,1H3/t5-/m1/s1. The molecule has 4 nitrogen and oxygen atoms in total. The van der Waals surface area contributed by atoms with Crippen molar-refractivity contribution >= 4 is 10.1 Å². The first-order valence-corrected chi connectivity index (χ1v) is 5.44. The summed E-state index contributed by atoms with van der Waals surface area (Å²) in [6, 6.07) is 0. The Bertz CT molecular complexity index is 357. The largest absolute Gasteiger partial charge is 0.534 e. The second kappa shape index (κ2) is 4.01. The van der Waals surface area contributed by atoms with E-state index in [9.17, 15) is 21.6 Å². The van der Waals surface area contributed by atoms with E-state index in [-0.39, 0.29) is 24.9 Å². The highest BCUT2D eigenvalue weighted by atomic mass is 32.2. The molecule has 0 aromatic rings. The van der Waals surface area contributed by atoms with Crippen LogP contribution in [-0.4, -0.2) is 26.6 Å². The summed E-state index contributed by atoms with van der Waals surface area (Å²) >= 11 is 0. The van der Waals surface area contributed by atoms with Crippen molar-refractivity contribution in [3.05, 3.63) is 11.8 Å². The predicted octanol–water partition coefficient (Wildman–Crippen LogP) is 1.55. The van der Waals surface area contributed by atoms with Crippen LogP contribution in [0.25, 0.3) is 0 Å². The van der Waals surface area contributed by atoms with Gasteiger partial charge in [-0.1, -0.05) is 0 Å². The van der Waals surface area contributed by atoms with Gasteiger partial charge in [-0.3, -0.25) is 0 Å². The lowest BCUT2D eigenvalue weighted by Gasteiger charge is -2.20. The third-order valence-electron chi connectivity index (χ3n) is 1.68. The number of hydrogen-bond acceptors (Lipinski definition) is 4. The van der Waals surface area contributed by atoms with Gasteiger partial charge in [-0.2, -0.15) is 21.6 Å². The Morgan fingerprint density at radius 3 is 2.60 bits per heavy atom. The lowest BCUT2D eigenvalue weighted by atomic mass is 10.2. The van der Waals surface area contributed by atoms with E-state index in [4.69, 9.17) is 4.74 Å². The van der Waals surface area contributed by atoms with Gasteiger partial charge in [0.25, 0.3) is 0 Å². The minimum atomic E-state index is -5.54. The summed E-state index contributed by atoms with van der Waals surface area (Å²) < 4.78 is 65.9. The van der Waals surface area contributed by atoms with Crippen LogP contribution in [0, 0.1) is 0 Å². The van der Waals surface area contributed by atoms with Crippen LogP contribution in [0.15, 0.2) is 11.8 Å². The second-order valence-corrected chi connectivity index (χ2v) is 4.54. The molecule has 0 N–H and O–H groups in total. The van der Waals surface area contributed by atoms with Gasteiger partial charge in [0, 0.05) is 6.42 Å². The van der Waals surface area contributed by atoms with Gasteiger partial charge < -0.3 is 8.92 Å². The Hall–Kier alpha value is -0.760. The van der Waals surface area contributed by atoms with Gasteiger partial charge in [0.15, 0.2) is 0 Å². The molecule has 0 saturated heterocycles. The van der Waals surface area contributed by atoms with Gasteiger partial charge in [0.2, 0.25) is 0 Å². The summed E-state index contributed by atoms with van der Waals surface area (Å²) in [7, 11) is -5.54. The van der Waals surface area contributed by atoms with Crippen molar-refractivity contribution in [3.8, 4) is 0 Å². The molecule has 0 radical (unpaired) electrons. The topological polar surface area (TPSA) is 52.6 Å². The molecule has 8 heteroatoms. The molecule has 0 spiro atoms. The first-order chi connectivity index (χ1) is 6.72. The third kappa shape index (κ3) is 3.10. The fourth-order valence-electron chi connectivity index (χ4n) is 0.987. The molecule has 15 heavy (non-hydrogen) atoms. The highest BCUT2D eigenvalue weighted by Gasteiger charge is 2.48. The van der Waals surface area contributed by atoms with Crippen molar-refractivity contribution in [1.82, 2.24) is 0 Å². The smallest absolute Gasteiger partial charge is 0.381 e. The number of rotatable bonds is 2. The molecule has 0 amide bonds. The molecule has 0 fully saturated rings. The molecule has 1 aliphatic heterocycles. The molecular formula is C7H9F3O4S. The highest BCUT2D eigenvalue weighted by molar-refractivity contribution is 7.87. The molecular weight excluding hydrogens is 237 g/mol. The Labute approximate surface area is 84.8 Å². The van der Waals surface area contributed by atoms with Gasteiger partial charge >= 0.3 is 15.6 Å². The molecule has 1 atom stereocenters. The van der Waals surface area contributed by atoms with Crippen molar-refractivity contribution in [2.75, 3.05) is 6.61 Å². The first kappa shape index (κ1) is 12.3. The molecule has 0 aliphatic carbocycles. The summed E-state index contributed by atoms with van der Waals surface area (Å²) in [4.78, 5) is 0. The zero-order valence-electron chi connectivity index (χ0n) is 7.74. The minimum absolute atomic E-state index is 0.00924. The van der Waals surface area contributed by atoms with Gasteiger partial charge in [-0.25, -0.2) is 0 Å². The molecule has 0 bridgehead atoms. The van der Waals surface area contributed by atoms with Crippen LogP contribution >= 0.6 is 0 Å². The molecule has 0 unspecified atom stereocenters. The SMILES string of the molecule is C[C@@H]1CC(OS(=O)(=O)C(F)(F)F)=CCO1. The number of halogens is 3. The average Bonchev–Trinajstić information content (AvgIpc) is 2.00. The maximum absolute atomic E-state index is 11.9. The Morgan fingerprint density at radius 1 is 1.53 bits per heavy atom. The average molecular weight is 246 g/mol. The number of hydrogen-bond donors (Lipinski definition) is 0. The molecule has 1 aliphatic rings. The zero-order valence-corrected chi connectivity index (χ0v) is 8.56. The maximum atomic E-state index is 11.9. The van der Waals surface area contributed by atoms with Crippen molar-refractivity contribution in [2.24, 2.45) is 0 Å². The summed E-state index contributed by atoms with van der Waals surface area (Å²) in [5.41, 5.74) is -5.39. The zero-order chi connectivity index (χ0) is 11.7. The lowest BCUT2D eigenvalue weighted by molar-refractivity contribution is -0.0531. The summed E-state index contributed by atoms with van der Waals surface area (Å²) in [5, 5.41) is 0. The van der Waals surface area contributed by atoms with Crippen molar-refractivity contribution in [3.63, 3.8) is 0 Å². The quantitative estimate of drug-likeness (QED) is 0.548. The Morgan fingerprint density at radius 2 is 2.13 bits per heavy atom. The fraction of sp³-hybridized carbons (Fsp3) is 0.714. The van der Waals surface area contributed by atoms with Crippen molar-refractivity contribution < 1.29 is 30.5 Å². The molecule has 0 aromatic carbocycles. The monoisotopic (exact) mass is 246 g/mol. The summed E-state index contributed by atoms with van der Waals surface area (Å²) in [6.45, 7) is 1.65. The van der Waals surface area contributed by atoms with Crippen LogP contribution in [0.1, 0.15) is 13.3 Å². The number of alkyl halides is 3. The maximum Gasteiger partial charge on any atom is 0.534 e.